The molecule has 1 rings (SSSR count). The van der Waals surface area contributed by atoms with Crippen LogP contribution < -0.4 is 0 Å². The van der Waals surface area contributed by atoms with Gasteiger partial charge in [0.25, 0.3) is 0 Å². The van der Waals surface area contributed by atoms with Crippen molar-refractivity contribution in [3.05, 3.63) is 35.9 Å². The number of ether oxygens (including phenoxy) is 1. The van der Waals surface area contributed by atoms with E-state index in [-0.39, 0.29) is 18.9 Å². The minimum Gasteiger partial charge on any atom is -0.454 e. The summed E-state index contributed by atoms with van der Waals surface area (Å²) >= 11 is 7.17. The Labute approximate surface area is 188 Å². The van der Waals surface area contributed by atoms with Gasteiger partial charge in [0.1, 0.15) is 6.61 Å². The highest BCUT2D eigenvalue weighted by Crippen LogP contribution is 2.63. The monoisotopic (exact) mass is 468 g/mol. The summed E-state index contributed by atoms with van der Waals surface area (Å²) in [6.07, 6.45) is 2.21. The van der Waals surface area contributed by atoms with Crippen LogP contribution in [-0.2, 0) is 37.5 Å². The maximum atomic E-state index is 12.7. The molecule has 0 saturated carbocycles. The number of carbonyl (C=O) groups excluding carboxylic acids is 3. The Morgan fingerprint density at radius 3 is 2.37 bits per heavy atom. The molecule has 0 aliphatic rings. The second kappa shape index (κ2) is 13.5. The molecular formula is C21H29N2O4PS2. The Hall–Kier alpha value is -1.81. The minimum absolute atomic E-state index is 0.00486. The Balaban J connectivity index is 2.89. The van der Waals surface area contributed by atoms with E-state index in [2.05, 4.69) is 11.8 Å². The van der Waals surface area contributed by atoms with Crippen LogP contribution in [0, 0.1) is 11.8 Å². The molecule has 2 amide bonds. The number of carbonyl (C=O) groups is 3. The second-order valence-electron chi connectivity index (χ2n) is 6.34. The summed E-state index contributed by atoms with van der Waals surface area (Å²) in [6.45, 7) is 3.93. The van der Waals surface area contributed by atoms with Gasteiger partial charge in [0.2, 0.25) is 5.91 Å². The topological polar surface area (TPSA) is 66.9 Å². The van der Waals surface area contributed by atoms with E-state index in [0.29, 0.717) is 12.2 Å². The van der Waals surface area contributed by atoms with E-state index in [1.165, 1.54) is 27.8 Å². The van der Waals surface area contributed by atoms with Gasteiger partial charge in [-0.1, -0.05) is 55.6 Å². The van der Waals surface area contributed by atoms with Crippen molar-refractivity contribution in [3.63, 3.8) is 0 Å². The maximum absolute atomic E-state index is 12.7. The highest BCUT2D eigenvalue weighted by molar-refractivity contribution is 8.69. The van der Waals surface area contributed by atoms with Crippen LogP contribution in [0.3, 0.4) is 0 Å². The number of likely N-dealkylation sites (N-methyl/N-ethyl adjacent to an activating group) is 1. The first-order chi connectivity index (χ1) is 14.3. The van der Waals surface area contributed by atoms with E-state index >= 15 is 0 Å². The lowest BCUT2D eigenvalue weighted by Gasteiger charge is -2.37. The molecule has 1 atom stereocenters. The molecule has 0 bridgehead atoms. The van der Waals surface area contributed by atoms with Crippen molar-refractivity contribution in [2.75, 3.05) is 19.8 Å². The van der Waals surface area contributed by atoms with Crippen LogP contribution in [0.15, 0.2) is 30.3 Å². The van der Waals surface area contributed by atoms with E-state index < -0.39 is 17.4 Å². The van der Waals surface area contributed by atoms with Gasteiger partial charge in [0.05, 0.1) is 0 Å². The molecule has 30 heavy (non-hydrogen) atoms. The second-order valence-corrected chi connectivity index (χ2v) is 13.7. The van der Waals surface area contributed by atoms with Gasteiger partial charge in [-0.2, -0.15) is 0 Å². The molecule has 1 unspecified atom stereocenters. The van der Waals surface area contributed by atoms with Crippen molar-refractivity contribution < 1.29 is 19.1 Å². The van der Waals surface area contributed by atoms with E-state index in [1.807, 2.05) is 32.0 Å². The fraction of sp³-hybridized carbons (Fsp3) is 0.476. The maximum Gasteiger partial charge on any atom is 0.397 e. The van der Waals surface area contributed by atoms with Crippen LogP contribution in [0.5, 0.6) is 0 Å². The summed E-state index contributed by atoms with van der Waals surface area (Å²) in [5, 5.41) is 0. The fourth-order valence-corrected chi connectivity index (χ4v) is 8.13. The third kappa shape index (κ3) is 7.79. The zero-order valence-corrected chi connectivity index (χ0v) is 20.4. The van der Waals surface area contributed by atoms with Crippen LogP contribution in [0.2, 0.25) is 0 Å². The number of esters is 1. The Morgan fingerprint density at radius 2 is 1.77 bits per heavy atom. The Kier molecular flexibility index (Phi) is 11.8. The largest absolute Gasteiger partial charge is 0.454 e. The Bertz CT molecular complexity index is 836. The van der Waals surface area contributed by atoms with Gasteiger partial charge in [-0.25, -0.2) is 4.79 Å². The molecule has 0 aromatic heterocycles. The summed E-state index contributed by atoms with van der Waals surface area (Å²) in [7, 11) is 3.06. The first kappa shape index (κ1) is 26.2. The predicted octanol–water partition coefficient (Wildman–Crippen LogP) is 4.21. The molecule has 0 spiro atoms. The zero-order valence-electron chi connectivity index (χ0n) is 17.9. The molecule has 0 aliphatic carbocycles. The zero-order chi connectivity index (χ0) is 22.6. The molecule has 0 heterocycles. The van der Waals surface area contributed by atoms with Crippen LogP contribution >= 0.6 is 16.9 Å². The van der Waals surface area contributed by atoms with E-state index in [9.17, 15) is 14.4 Å². The van der Waals surface area contributed by atoms with E-state index in [1.54, 1.807) is 19.2 Å². The van der Waals surface area contributed by atoms with Gasteiger partial charge in [-0.15, -0.1) is 11.8 Å². The number of amides is 2. The number of hydrogen-bond acceptors (Lipinski definition) is 6. The molecule has 1 aromatic carbocycles. The number of nitrogens with zero attached hydrogens (tertiary/aromatic N) is 2. The SMILES string of the molecule is CCC#CCCC(=O)N(C)P(=S)(SCCC)N(C)C(=O)C(=O)OCc1ccccc1. The smallest absolute Gasteiger partial charge is 0.397 e. The van der Waals surface area contributed by atoms with Crippen LogP contribution in [0.25, 0.3) is 0 Å². The third-order valence-electron chi connectivity index (χ3n) is 4.03. The molecule has 6 nitrogen and oxygen atoms in total. The lowest BCUT2D eigenvalue weighted by atomic mass is 10.2. The summed E-state index contributed by atoms with van der Waals surface area (Å²) < 4.78 is 7.81. The van der Waals surface area contributed by atoms with Gasteiger partial charge in [-0.05, 0) is 23.8 Å². The summed E-state index contributed by atoms with van der Waals surface area (Å²) in [5.41, 5.74) is -2.09. The molecule has 0 saturated heterocycles. The molecular weight excluding hydrogens is 439 g/mol. The third-order valence-corrected chi connectivity index (χ3v) is 12.3. The lowest BCUT2D eigenvalue weighted by Crippen LogP contribution is -2.37. The van der Waals surface area contributed by atoms with Gasteiger partial charge in [-0.3, -0.25) is 18.9 Å². The molecule has 0 N–H and O–H groups in total. The molecule has 0 radical (unpaired) electrons. The van der Waals surface area contributed by atoms with Gasteiger partial charge in [0.15, 0.2) is 5.54 Å². The van der Waals surface area contributed by atoms with Crippen molar-refractivity contribution in [2.45, 2.75) is 46.1 Å². The molecule has 1 aromatic rings. The van der Waals surface area contributed by atoms with Crippen LogP contribution in [-0.4, -0.2) is 47.0 Å². The molecule has 0 fully saturated rings. The molecule has 164 valence electrons. The van der Waals surface area contributed by atoms with Crippen LogP contribution in [0.1, 0.15) is 45.1 Å². The number of benzene rings is 1. The number of rotatable bonds is 9. The molecule has 9 heteroatoms. The summed E-state index contributed by atoms with van der Waals surface area (Å²) in [4.78, 5) is 37.8. The van der Waals surface area contributed by atoms with Gasteiger partial charge >= 0.3 is 11.9 Å². The predicted molar refractivity (Wildman–Crippen MR) is 126 cm³/mol. The van der Waals surface area contributed by atoms with E-state index in [4.69, 9.17) is 16.5 Å². The van der Waals surface area contributed by atoms with Gasteiger partial charge in [0, 0.05) is 39.1 Å². The molecule has 0 aliphatic heterocycles. The van der Waals surface area contributed by atoms with Crippen molar-refractivity contribution in [2.24, 2.45) is 0 Å². The van der Waals surface area contributed by atoms with Crippen molar-refractivity contribution in [1.29, 1.82) is 0 Å². The fourth-order valence-electron chi connectivity index (χ4n) is 2.30. The normalized spacial score (nSPS) is 12.1. The average molecular weight is 469 g/mol. The summed E-state index contributed by atoms with van der Waals surface area (Å²) in [6, 6.07) is 9.10. The highest BCUT2D eigenvalue weighted by Gasteiger charge is 2.37. The van der Waals surface area contributed by atoms with E-state index in [0.717, 1.165) is 18.4 Å². The lowest BCUT2D eigenvalue weighted by molar-refractivity contribution is -0.158. The van der Waals surface area contributed by atoms with Gasteiger partial charge < -0.3 is 4.74 Å². The van der Waals surface area contributed by atoms with Crippen LogP contribution in [0.4, 0.5) is 0 Å². The standard InChI is InChI=1S/C21H29N2O4PS2/c1-5-7-8-12-15-19(24)22(3)28(29,30-16-6-2)23(4)20(25)21(26)27-17-18-13-10-9-11-14-18/h9-11,13-14H,5-6,12,15-17H2,1-4H3. The average Bonchev–Trinajstić information content (AvgIpc) is 2.77. The van der Waals surface area contributed by atoms with Crippen molar-refractivity contribution in [1.82, 2.24) is 9.34 Å². The highest BCUT2D eigenvalue weighted by atomic mass is 32.9. The first-order valence-corrected chi connectivity index (χ1v) is 14.0. The summed E-state index contributed by atoms with van der Waals surface area (Å²) in [5.74, 6) is 4.52. The quantitative estimate of drug-likeness (QED) is 0.234. The van der Waals surface area contributed by atoms with Crippen molar-refractivity contribution >= 4 is 46.5 Å². The number of hydrogen-bond donors (Lipinski definition) is 0. The Morgan fingerprint density at radius 1 is 1.10 bits per heavy atom. The minimum atomic E-state index is -2.87. The first-order valence-electron chi connectivity index (χ1n) is 9.74. The van der Waals surface area contributed by atoms with Crippen molar-refractivity contribution in [3.8, 4) is 11.8 Å².